The van der Waals surface area contributed by atoms with Crippen LogP contribution in [-0.2, 0) is 4.79 Å². The van der Waals surface area contributed by atoms with E-state index in [-0.39, 0.29) is 17.9 Å². The first kappa shape index (κ1) is 17.6. The molecule has 27 heavy (non-hydrogen) atoms. The van der Waals surface area contributed by atoms with Crippen LogP contribution >= 0.6 is 0 Å². The Hall–Kier alpha value is -2.83. The molecule has 4 rings (SSSR count). The van der Waals surface area contributed by atoms with Gasteiger partial charge < -0.3 is 19.5 Å². The van der Waals surface area contributed by atoms with E-state index in [1.807, 2.05) is 40.8 Å². The number of para-hydroxylation sites is 1. The molecule has 0 unspecified atom stereocenters. The normalized spacial score (nSPS) is 23.1. The Labute approximate surface area is 158 Å². The van der Waals surface area contributed by atoms with Gasteiger partial charge in [0.2, 0.25) is 5.91 Å². The standard InChI is InChI=1S/C20H24N4O3/c1-15(24-10-8-21-14-24)11-18(25)23-9-4-7-20(13-23)12-22-19(26)16-5-2-3-6-17(16)27-20/h2-3,5-6,8,10,14-15H,4,7,9,11-13H2,1H3,(H,22,26)/t15-,20+/m0/s1. The minimum atomic E-state index is -0.575. The summed E-state index contributed by atoms with van der Waals surface area (Å²) < 4.78 is 8.26. The lowest BCUT2D eigenvalue weighted by Gasteiger charge is -2.42. The number of carbonyl (C=O) groups is 2. The van der Waals surface area contributed by atoms with Crippen molar-refractivity contribution in [2.45, 2.75) is 37.8 Å². The van der Waals surface area contributed by atoms with Crippen LogP contribution in [0.25, 0.3) is 0 Å². The third kappa shape index (κ3) is 3.54. The minimum Gasteiger partial charge on any atom is -0.483 e. The van der Waals surface area contributed by atoms with Crippen molar-refractivity contribution in [1.82, 2.24) is 19.8 Å². The second kappa shape index (κ2) is 7.06. The summed E-state index contributed by atoms with van der Waals surface area (Å²) in [5, 5.41) is 2.97. The number of amides is 2. The largest absolute Gasteiger partial charge is 0.483 e. The van der Waals surface area contributed by atoms with Crippen molar-refractivity contribution in [2.24, 2.45) is 0 Å². The number of piperidine rings is 1. The highest BCUT2D eigenvalue weighted by atomic mass is 16.5. The van der Waals surface area contributed by atoms with Crippen molar-refractivity contribution < 1.29 is 14.3 Å². The highest BCUT2D eigenvalue weighted by Gasteiger charge is 2.42. The fraction of sp³-hybridized carbons (Fsp3) is 0.450. The molecule has 2 aromatic rings. The number of imidazole rings is 1. The number of carbonyl (C=O) groups excluding carboxylic acids is 2. The number of aromatic nitrogens is 2. The van der Waals surface area contributed by atoms with Gasteiger partial charge in [0.05, 0.1) is 25.0 Å². The van der Waals surface area contributed by atoms with E-state index in [0.29, 0.717) is 30.8 Å². The summed E-state index contributed by atoms with van der Waals surface area (Å²) >= 11 is 0. The molecular weight excluding hydrogens is 344 g/mol. The number of benzene rings is 1. The molecule has 1 fully saturated rings. The van der Waals surface area contributed by atoms with E-state index < -0.39 is 5.60 Å². The molecule has 2 atom stereocenters. The van der Waals surface area contributed by atoms with Crippen molar-refractivity contribution in [1.29, 1.82) is 0 Å². The maximum Gasteiger partial charge on any atom is 0.255 e. The van der Waals surface area contributed by atoms with Crippen LogP contribution in [0.15, 0.2) is 43.0 Å². The zero-order chi connectivity index (χ0) is 18.9. The number of rotatable bonds is 3. The molecule has 7 heteroatoms. The van der Waals surface area contributed by atoms with Crippen molar-refractivity contribution in [2.75, 3.05) is 19.6 Å². The topological polar surface area (TPSA) is 76.5 Å². The van der Waals surface area contributed by atoms with E-state index in [2.05, 4.69) is 10.3 Å². The Balaban J connectivity index is 1.49. The zero-order valence-corrected chi connectivity index (χ0v) is 15.4. The van der Waals surface area contributed by atoms with Crippen LogP contribution in [-0.4, -0.2) is 51.5 Å². The molecule has 3 heterocycles. The molecule has 2 aliphatic rings. The monoisotopic (exact) mass is 368 g/mol. The Morgan fingerprint density at radius 3 is 3.07 bits per heavy atom. The second-order valence-electron chi connectivity index (χ2n) is 7.45. The van der Waals surface area contributed by atoms with E-state index in [0.717, 1.165) is 19.4 Å². The summed E-state index contributed by atoms with van der Waals surface area (Å²) in [5.41, 5.74) is -0.0272. The molecule has 1 aromatic heterocycles. The molecule has 2 aliphatic heterocycles. The average Bonchev–Trinajstić information content (AvgIpc) is 3.18. The Morgan fingerprint density at radius 1 is 1.41 bits per heavy atom. The SMILES string of the molecule is C[C@@H](CC(=O)N1CCC[C@@]2(CNC(=O)c3ccccc3O2)C1)n1ccnc1. The Kier molecular flexibility index (Phi) is 4.59. The van der Waals surface area contributed by atoms with Crippen molar-refractivity contribution in [3.05, 3.63) is 48.5 Å². The first-order chi connectivity index (χ1) is 13.1. The van der Waals surface area contributed by atoms with Crippen LogP contribution in [0, 0.1) is 0 Å². The molecule has 1 saturated heterocycles. The molecule has 0 bridgehead atoms. The van der Waals surface area contributed by atoms with Gasteiger partial charge in [-0.25, -0.2) is 4.98 Å². The van der Waals surface area contributed by atoms with E-state index in [1.165, 1.54) is 0 Å². The van der Waals surface area contributed by atoms with Crippen LogP contribution in [0.1, 0.15) is 42.6 Å². The van der Waals surface area contributed by atoms with Gasteiger partial charge in [0, 0.05) is 31.4 Å². The maximum absolute atomic E-state index is 12.9. The number of nitrogens with zero attached hydrogens (tertiary/aromatic N) is 3. The van der Waals surface area contributed by atoms with Crippen LogP contribution < -0.4 is 10.1 Å². The average molecular weight is 368 g/mol. The molecule has 0 aliphatic carbocycles. The molecular formula is C20H24N4O3. The number of nitrogens with one attached hydrogen (secondary N) is 1. The second-order valence-corrected chi connectivity index (χ2v) is 7.45. The van der Waals surface area contributed by atoms with Gasteiger partial charge in [-0.2, -0.15) is 0 Å². The fourth-order valence-corrected chi connectivity index (χ4v) is 3.91. The van der Waals surface area contributed by atoms with Gasteiger partial charge in [-0.3, -0.25) is 9.59 Å². The van der Waals surface area contributed by atoms with Gasteiger partial charge in [-0.1, -0.05) is 12.1 Å². The fourth-order valence-electron chi connectivity index (χ4n) is 3.91. The molecule has 1 spiro atoms. The van der Waals surface area contributed by atoms with Crippen molar-refractivity contribution in [3.63, 3.8) is 0 Å². The summed E-state index contributed by atoms with van der Waals surface area (Å²) in [6.07, 6.45) is 7.39. The van der Waals surface area contributed by atoms with Crippen LogP contribution in [0.4, 0.5) is 0 Å². The zero-order valence-electron chi connectivity index (χ0n) is 15.4. The Morgan fingerprint density at radius 2 is 2.26 bits per heavy atom. The number of fused-ring (bicyclic) bond motifs is 1. The van der Waals surface area contributed by atoms with E-state index >= 15 is 0 Å². The van der Waals surface area contributed by atoms with Gasteiger partial charge >= 0.3 is 0 Å². The summed E-state index contributed by atoms with van der Waals surface area (Å²) in [7, 11) is 0. The van der Waals surface area contributed by atoms with Gasteiger partial charge in [0.1, 0.15) is 11.4 Å². The first-order valence-corrected chi connectivity index (χ1v) is 9.38. The molecule has 0 radical (unpaired) electrons. The number of ether oxygens (including phenoxy) is 1. The molecule has 2 amide bonds. The summed E-state index contributed by atoms with van der Waals surface area (Å²) in [4.78, 5) is 31.1. The van der Waals surface area contributed by atoms with Crippen LogP contribution in [0.5, 0.6) is 5.75 Å². The molecule has 7 nitrogen and oxygen atoms in total. The van der Waals surface area contributed by atoms with Crippen molar-refractivity contribution in [3.8, 4) is 5.75 Å². The van der Waals surface area contributed by atoms with E-state index in [4.69, 9.17) is 4.74 Å². The molecule has 1 N–H and O–H groups in total. The van der Waals surface area contributed by atoms with E-state index in [9.17, 15) is 9.59 Å². The van der Waals surface area contributed by atoms with E-state index in [1.54, 1.807) is 18.6 Å². The lowest BCUT2D eigenvalue weighted by atomic mass is 9.92. The highest BCUT2D eigenvalue weighted by molar-refractivity contribution is 5.97. The van der Waals surface area contributed by atoms with Gasteiger partial charge in [0.15, 0.2) is 0 Å². The quantitative estimate of drug-likeness (QED) is 0.899. The van der Waals surface area contributed by atoms with Gasteiger partial charge in [-0.05, 0) is 31.9 Å². The summed E-state index contributed by atoms with van der Waals surface area (Å²) in [6.45, 7) is 3.62. The molecule has 142 valence electrons. The third-order valence-corrected chi connectivity index (χ3v) is 5.43. The summed E-state index contributed by atoms with van der Waals surface area (Å²) in [5.74, 6) is 0.566. The van der Waals surface area contributed by atoms with Crippen molar-refractivity contribution >= 4 is 11.8 Å². The molecule has 1 aromatic carbocycles. The Bertz CT molecular complexity index is 836. The maximum atomic E-state index is 12.9. The first-order valence-electron chi connectivity index (χ1n) is 9.38. The lowest BCUT2D eigenvalue weighted by molar-refractivity contribution is -0.137. The number of hydrogen-bond acceptors (Lipinski definition) is 4. The van der Waals surface area contributed by atoms with Crippen LogP contribution in [0.3, 0.4) is 0 Å². The number of likely N-dealkylation sites (tertiary alicyclic amines) is 1. The lowest BCUT2D eigenvalue weighted by Crippen LogP contribution is -2.58. The highest BCUT2D eigenvalue weighted by Crippen LogP contribution is 2.32. The molecule has 0 saturated carbocycles. The smallest absolute Gasteiger partial charge is 0.255 e. The minimum absolute atomic E-state index is 0.0494. The predicted octanol–water partition coefficient (Wildman–Crippen LogP) is 2.02. The summed E-state index contributed by atoms with van der Waals surface area (Å²) in [6, 6.07) is 7.33. The van der Waals surface area contributed by atoms with Crippen LogP contribution in [0.2, 0.25) is 0 Å². The predicted molar refractivity (Wildman–Crippen MR) is 99.5 cm³/mol. The van der Waals surface area contributed by atoms with Gasteiger partial charge in [-0.15, -0.1) is 0 Å². The van der Waals surface area contributed by atoms with Gasteiger partial charge in [0.25, 0.3) is 5.91 Å². The number of hydrogen-bond donors (Lipinski definition) is 1. The third-order valence-electron chi connectivity index (χ3n) is 5.43.